The van der Waals surface area contributed by atoms with E-state index >= 15 is 0 Å². The standard InChI is InChI=1S/C16H16N2O2/c1-17-11-3-5-13-10(7-11)9-18-16(19)15-8-12(20-2)4-6-14(13)15/h3-8,17H,9H2,1-2H3,(H,18,19). The molecule has 0 spiro atoms. The molecular formula is C16H16N2O2. The number of amides is 1. The molecule has 0 bridgehead atoms. The Hall–Kier alpha value is -2.49. The van der Waals surface area contributed by atoms with E-state index in [0.29, 0.717) is 17.9 Å². The van der Waals surface area contributed by atoms with Crippen LogP contribution >= 0.6 is 0 Å². The summed E-state index contributed by atoms with van der Waals surface area (Å²) in [6, 6.07) is 11.7. The van der Waals surface area contributed by atoms with Gasteiger partial charge >= 0.3 is 0 Å². The summed E-state index contributed by atoms with van der Waals surface area (Å²) >= 11 is 0. The molecule has 102 valence electrons. The first-order valence-electron chi connectivity index (χ1n) is 6.50. The SMILES string of the molecule is CNc1ccc2c(c1)CNC(=O)c1cc(OC)ccc1-2. The predicted octanol–water partition coefficient (Wildman–Crippen LogP) is 2.65. The van der Waals surface area contributed by atoms with Crippen LogP contribution in [0, 0.1) is 0 Å². The molecule has 3 rings (SSSR count). The number of nitrogens with one attached hydrogen (secondary N) is 2. The number of ether oxygens (including phenoxy) is 1. The number of hydrogen-bond acceptors (Lipinski definition) is 3. The van der Waals surface area contributed by atoms with E-state index in [0.717, 1.165) is 22.4 Å². The summed E-state index contributed by atoms with van der Waals surface area (Å²) in [5.41, 5.74) is 4.82. The molecule has 0 radical (unpaired) electrons. The fourth-order valence-corrected chi connectivity index (χ4v) is 2.50. The molecular weight excluding hydrogens is 252 g/mol. The van der Waals surface area contributed by atoms with Crippen LogP contribution in [0.5, 0.6) is 5.75 Å². The summed E-state index contributed by atoms with van der Waals surface area (Å²) in [6.45, 7) is 0.528. The lowest BCUT2D eigenvalue weighted by molar-refractivity contribution is 0.0952. The zero-order valence-corrected chi connectivity index (χ0v) is 11.5. The molecule has 0 aliphatic carbocycles. The third-order valence-electron chi connectivity index (χ3n) is 3.59. The molecule has 4 heteroatoms. The van der Waals surface area contributed by atoms with Gasteiger partial charge in [0, 0.05) is 19.3 Å². The van der Waals surface area contributed by atoms with Crippen LogP contribution in [-0.4, -0.2) is 20.1 Å². The van der Waals surface area contributed by atoms with Crippen LogP contribution < -0.4 is 15.4 Å². The van der Waals surface area contributed by atoms with Gasteiger partial charge in [-0.05, 0) is 47.0 Å². The second-order valence-electron chi connectivity index (χ2n) is 4.72. The van der Waals surface area contributed by atoms with Gasteiger partial charge in [-0.25, -0.2) is 0 Å². The van der Waals surface area contributed by atoms with Gasteiger partial charge < -0.3 is 15.4 Å². The van der Waals surface area contributed by atoms with Gasteiger partial charge in [0.2, 0.25) is 0 Å². The van der Waals surface area contributed by atoms with Crippen molar-refractivity contribution in [3.63, 3.8) is 0 Å². The number of rotatable bonds is 2. The van der Waals surface area contributed by atoms with Crippen molar-refractivity contribution in [1.29, 1.82) is 0 Å². The predicted molar refractivity (Wildman–Crippen MR) is 79.1 cm³/mol. The third-order valence-corrected chi connectivity index (χ3v) is 3.59. The van der Waals surface area contributed by atoms with Gasteiger partial charge in [-0.2, -0.15) is 0 Å². The average Bonchev–Trinajstić information content (AvgIpc) is 2.64. The van der Waals surface area contributed by atoms with Gasteiger partial charge in [0.15, 0.2) is 0 Å². The summed E-state index contributed by atoms with van der Waals surface area (Å²) in [6.07, 6.45) is 0. The Morgan fingerprint density at radius 1 is 1.10 bits per heavy atom. The van der Waals surface area contributed by atoms with Crippen LogP contribution in [0.1, 0.15) is 15.9 Å². The van der Waals surface area contributed by atoms with Gasteiger partial charge in [0.25, 0.3) is 5.91 Å². The van der Waals surface area contributed by atoms with Crippen molar-refractivity contribution in [1.82, 2.24) is 5.32 Å². The van der Waals surface area contributed by atoms with Gasteiger partial charge in [-0.1, -0.05) is 6.07 Å². The van der Waals surface area contributed by atoms with Crippen molar-refractivity contribution in [3.05, 3.63) is 47.5 Å². The maximum absolute atomic E-state index is 12.2. The highest BCUT2D eigenvalue weighted by Gasteiger charge is 2.20. The highest BCUT2D eigenvalue weighted by atomic mass is 16.5. The van der Waals surface area contributed by atoms with Crippen molar-refractivity contribution in [3.8, 4) is 16.9 Å². The maximum Gasteiger partial charge on any atom is 0.252 e. The first kappa shape index (κ1) is 12.5. The van der Waals surface area contributed by atoms with E-state index in [-0.39, 0.29) is 5.91 Å². The molecule has 0 aromatic heterocycles. The molecule has 2 aromatic rings. The van der Waals surface area contributed by atoms with Crippen LogP contribution in [0.4, 0.5) is 5.69 Å². The minimum Gasteiger partial charge on any atom is -0.497 e. The number of methoxy groups -OCH3 is 1. The quantitative estimate of drug-likeness (QED) is 0.880. The van der Waals surface area contributed by atoms with Crippen molar-refractivity contribution in [2.75, 3.05) is 19.5 Å². The molecule has 4 nitrogen and oxygen atoms in total. The van der Waals surface area contributed by atoms with Crippen molar-refractivity contribution < 1.29 is 9.53 Å². The zero-order valence-electron chi connectivity index (χ0n) is 11.5. The summed E-state index contributed by atoms with van der Waals surface area (Å²) in [5.74, 6) is 0.621. The lowest BCUT2D eigenvalue weighted by Gasteiger charge is -2.11. The molecule has 0 atom stereocenters. The number of carbonyl (C=O) groups excluding carboxylic acids is 1. The van der Waals surface area contributed by atoms with Crippen molar-refractivity contribution in [2.24, 2.45) is 0 Å². The number of hydrogen-bond donors (Lipinski definition) is 2. The molecule has 1 amide bonds. The Labute approximate surface area is 117 Å². The van der Waals surface area contributed by atoms with E-state index in [9.17, 15) is 4.79 Å². The Bertz CT molecular complexity index is 680. The molecule has 0 fully saturated rings. The van der Waals surface area contributed by atoms with Crippen molar-refractivity contribution >= 4 is 11.6 Å². The maximum atomic E-state index is 12.2. The lowest BCUT2D eigenvalue weighted by Crippen LogP contribution is -2.21. The minimum atomic E-state index is -0.0684. The number of fused-ring (bicyclic) bond motifs is 3. The second kappa shape index (κ2) is 4.89. The normalized spacial score (nSPS) is 12.8. The highest BCUT2D eigenvalue weighted by Crippen LogP contribution is 2.33. The second-order valence-corrected chi connectivity index (χ2v) is 4.72. The van der Waals surface area contributed by atoms with Crippen LogP contribution in [-0.2, 0) is 6.54 Å². The minimum absolute atomic E-state index is 0.0684. The molecule has 2 N–H and O–H groups in total. The Balaban J connectivity index is 2.20. The monoisotopic (exact) mass is 268 g/mol. The van der Waals surface area contributed by atoms with Gasteiger partial charge in [0.05, 0.1) is 12.7 Å². The molecule has 20 heavy (non-hydrogen) atoms. The van der Waals surface area contributed by atoms with Crippen molar-refractivity contribution in [2.45, 2.75) is 6.54 Å². The van der Waals surface area contributed by atoms with Crippen LogP contribution in [0.25, 0.3) is 11.1 Å². The zero-order chi connectivity index (χ0) is 14.1. The molecule has 0 saturated carbocycles. The summed E-state index contributed by atoms with van der Waals surface area (Å²) in [4.78, 5) is 12.2. The van der Waals surface area contributed by atoms with Gasteiger partial charge in [-0.3, -0.25) is 4.79 Å². The lowest BCUT2D eigenvalue weighted by atomic mass is 9.96. The van der Waals surface area contributed by atoms with E-state index in [4.69, 9.17) is 4.74 Å². The first-order valence-corrected chi connectivity index (χ1v) is 6.50. The topological polar surface area (TPSA) is 50.4 Å². The molecule has 1 heterocycles. The summed E-state index contributed by atoms with van der Waals surface area (Å²) < 4.78 is 5.20. The Morgan fingerprint density at radius 3 is 2.65 bits per heavy atom. The number of carbonyl (C=O) groups is 1. The summed E-state index contributed by atoms with van der Waals surface area (Å²) in [7, 11) is 3.49. The Morgan fingerprint density at radius 2 is 1.90 bits per heavy atom. The summed E-state index contributed by atoms with van der Waals surface area (Å²) in [5, 5.41) is 6.06. The van der Waals surface area contributed by atoms with E-state index < -0.39 is 0 Å². The molecule has 0 unspecified atom stereocenters. The number of anilines is 1. The Kier molecular flexibility index (Phi) is 3.06. The fraction of sp³-hybridized carbons (Fsp3) is 0.188. The van der Waals surface area contributed by atoms with Crippen LogP contribution in [0.3, 0.4) is 0 Å². The largest absolute Gasteiger partial charge is 0.497 e. The average molecular weight is 268 g/mol. The van der Waals surface area contributed by atoms with Gasteiger partial charge in [0.1, 0.15) is 5.75 Å². The fourth-order valence-electron chi connectivity index (χ4n) is 2.50. The van der Waals surface area contributed by atoms with Gasteiger partial charge in [-0.15, -0.1) is 0 Å². The smallest absolute Gasteiger partial charge is 0.252 e. The highest BCUT2D eigenvalue weighted by molar-refractivity contribution is 6.03. The van der Waals surface area contributed by atoms with Crippen LogP contribution in [0.2, 0.25) is 0 Å². The molecule has 0 saturated heterocycles. The van der Waals surface area contributed by atoms with Crippen LogP contribution in [0.15, 0.2) is 36.4 Å². The number of benzene rings is 2. The molecule has 1 aliphatic heterocycles. The van der Waals surface area contributed by atoms with E-state index in [1.165, 1.54) is 0 Å². The van der Waals surface area contributed by atoms with E-state index in [1.807, 2.05) is 31.3 Å². The third kappa shape index (κ3) is 1.99. The van der Waals surface area contributed by atoms with E-state index in [2.05, 4.69) is 16.7 Å². The first-order chi connectivity index (χ1) is 9.72. The molecule has 2 aromatic carbocycles. The van der Waals surface area contributed by atoms with E-state index in [1.54, 1.807) is 13.2 Å². The molecule has 1 aliphatic rings.